The smallest absolute Gasteiger partial charge is 0.261 e. The first-order valence-electron chi connectivity index (χ1n) is 8.09. The Morgan fingerprint density at radius 1 is 1.22 bits per heavy atom. The van der Waals surface area contributed by atoms with E-state index < -0.39 is 11.2 Å². The van der Waals surface area contributed by atoms with Gasteiger partial charge in [0.25, 0.3) is 0 Å². The molecule has 4 heterocycles. The van der Waals surface area contributed by atoms with Crippen LogP contribution in [-0.4, -0.2) is 29.8 Å². The van der Waals surface area contributed by atoms with E-state index in [4.69, 9.17) is 11.6 Å². The Hall–Kier alpha value is -2.04. The van der Waals surface area contributed by atoms with E-state index in [1.807, 2.05) is 19.1 Å². The average Bonchev–Trinajstić information content (AvgIpc) is 3.27. The minimum Gasteiger partial charge on any atom is -0.261 e. The molecule has 4 aromatic rings. The summed E-state index contributed by atoms with van der Waals surface area (Å²) in [5, 5.41) is 9.13. The van der Waals surface area contributed by atoms with Gasteiger partial charge >= 0.3 is 5.38 Å². The van der Waals surface area contributed by atoms with Gasteiger partial charge < -0.3 is 0 Å². The van der Waals surface area contributed by atoms with Crippen molar-refractivity contribution in [2.45, 2.75) is 32.1 Å². The van der Waals surface area contributed by atoms with E-state index in [9.17, 15) is 8.78 Å². The summed E-state index contributed by atoms with van der Waals surface area (Å²) in [4.78, 5) is 10.0. The molecule has 0 bridgehead atoms. The van der Waals surface area contributed by atoms with Gasteiger partial charge in [0.2, 0.25) is 10.8 Å². The second-order valence-corrected chi connectivity index (χ2v) is 8.27. The van der Waals surface area contributed by atoms with Crippen molar-refractivity contribution in [3.63, 3.8) is 0 Å². The van der Waals surface area contributed by atoms with Gasteiger partial charge in [-0.15, -0.1) is 21.5 Å². The van der Waals surface area contributed by atoms with Crippen LogP contribution in [0.1, 0.15) is 30.6 Å². The lowest BCUT2D eigenvalue weighted by atomic mass is 10.2. The normalized spacial score (nSPS) is 12.2. The van der Waals surface area contributed by atoms with Crippen LogP contribution in [0.2, 0.25) is 0 Å². The Bertz CT molecular complexity index is 1110. The molecule has 0 fully saturated rings. The zero-order chi connectivity index (χ0) is 19.2. The Morgan fingerprint density at radius 2 is 2.04 bits per heavy atom. The van der Waals surface area contributed by atoms with Crippen molar-refractivity contribution in [1.29, 1.82) is 0 Å². The highest BCUT2D eigenvalue weighted by atomic mass is 35.5. The highest BCUT2D eigenvalue weighted by Gasteiger charge is 2.36. The Kier molecular flexibility index (Phi) is 4.65. The fraction of sp³-hybridized carbons (Fsp3) is 0.312. The molecular formula is C16H13ClF2N6S2. The summed E-state index contributed by atoms with van der Waals surface area (Å²) in [5.41, 5.74) is 2.76. The highest BCUT2D eigenvalue weighted by Crippen LogP contribution is 2.38. The zero-order valence-electron chi connectivity index (χ0n) is 14.3. The first kappa shape index (κ1) is 18.3. The molecule has 0 radical (unpaired) electrons. The summed E-state index contributed by atoms with van der Waals surface area (Å²) < 4.78 is 27.8. The van der Waals surface area contributed by atoms with Gasteiger partial charge in [0.1, 0.15) is 5.01 Å². The maximum Gasteiger partial charge on any atom is 0.383 e. The Balaban J connectivity index is 1.75. The summed E-state index contributed by atoms with van der Waals surface area (Å²) in [6.45, 7) is 3.97. The molecule has 4 rings (SSSR count). The van der Waals surface area contributed by atoms with Crippen molar-refractivity contribution in [2.75, 3.05) is 0 Å². The molecule has 0 amide bonds. The van der Waals surface area contributed by atoms with Crippen molar-refractivity contribution < 1.29 is 8.78 Å². The van der Waals surface area contributed by atoms with Crippen LogP contribution in [0.4, 0.5) is 8.78 Å². The molecule has 0 aliphatic rings. The summed E-state index contributed by atoms with van der Waals surface area (Å²) in [7, 11) is 0. The van der Waals surface area contributed by atoms with Crippen LogP contribution < -0.4 is 0 Å². The number of rotatable bonds is 5. The van der Waals surface area contributed by atoms with Gasteiger partial charge in [-0.3, -0.25) is 4.98 Å². The van der Waals surface area contributed by atoms with Gasteiger partial charge in [-0.05, 0) is 37.1 Å². The molecule has 0 aromatic carbocycles. The van der Waals surface area contributed by atoms with E-state index in [0.29, 0.717) is 5.01 Å². The standard InChI is InChI=1S/C16H13ClF2N6S2/c1-3-4-10-7-9(5-6-20-10)12-21-8(2)11(26-12)13-24-25-14(16(17,18)19)22-23-15(25)27-13/h5-7H,3-4H2,1-2H3. The number of aromatic nitrogens is 6. The van der Waals surface area contributed by atoms with Crippen LogP contribution in [-0.2, 0) is 11.8 Å². The third-order valence-electron chi connectivity index (χ3n) is 3.80. The number of halogens is 3. The van der Waals surface area contributed by atoms with Crippen LogP contribution in [0.25, 0.3) is 25.4 Å². The molecule has 0 saturated heterocycles. The van der Waals surface area contributed by atoms with E-state index in [2.05, 4.69) is 32.2 Å². The van der Waals surface area contributed by atoms with E-state index in [-0.39, 0.29) is 4.96 Å². The quantitative estimate of drug-likeness (QED) is 0.423. The van der Waals surface area contributed by atoms with Crippen LogP contribution >= 0.6 is 34.3 Å². The monoisotopic (exact) mass is 426 g/mol. The van der Waals surface area contributed by atoms with Crippen molar-refractivity contribution in [2.24, 2.45) is 0 Å². The fourth-order valence-electron chi connectivity index (χ4n) is 2.61. The maximum absolute atomic E-state index is 13.4. The van der Waals surface area contributed by atoms with Crippen LogP contribution in [0, 0.1) is 6.92 Å². The van der Waals surface area contributed by atoms with Gasteiger partial charge in [0.05, 0.1) is 10.6 Å². The number of aryl methyl sites for hydroxylation is 2. The Morgan fingerprint density at radius 3 is 2.78 bits per heavy atom. The fourth-order valence-corrected chi connectivity index (χ4v) is 4.75. The van der Waals surface area contributed by atoms with Gasteiger partial charge in [-0.25, -0.2) is 4.98 Å². The zero-order valence-corrected chi connectivity index (χ0v) is 16.7. The molecule has 0 spiro atoms. The predicted molar refractivity (Wildman–Crippen MR) is 101 cm³/mol. The Labute approximate surface area is 165 Å². The van der Waals surface area contributed by atoms with Gasteiger partial charge in [-0.2, -0.15) is 18.4 Å². The lowest BCUT2D eigenvalue weighted by molar-refractivity contribution is 0.0821. The van der Waals surface area contributed by atoms with Gasteiger partial charge in [0.15, 0.2) is 5.01 Å². The number of hydrogen-bond donors (Lipinski definition) is 0. The summed E-state index contributed by atoms with van der Waals surface area (Å²) >= 11 is 7.70. The van der Waals surface area contributed by atoms with Crippen molar-refractivity contribution in [3.8, 4) is 20.5 Å². The number of fused-ring (bicyclic) bond motifs is 1. The summed E-state index contributed by atoms with van der Waals surface area (Å²) in [6.07, 6.45) is 3.69. The maximum atomic E-state index is 13.4. The molecule has 0 saturated carbocycles. The molecular weight excluding hydrogens is 414 g/mol. The van der Waals surface area contributed by atoms with Crippen LogP contribution in [0.5, 0.6) is 0 Å². The predicted octanol–water partition coefficient (Wildman–Crippen LogP) is 4.92. The first-order valence-corrected chi connectivity index (χ1v) is 10.1. The number of thiazole rings is 1. The topological polar surface area (TPSA) is 68.9 Å². The minimum atomic E-state index is -3.63. The molecule has 27 heavy (non-hydrogen) atoms. The molecule has 6 nitrogen and oxygen atoms in total. The molecule has 140 valence electrons. The highest BCUT2D eigenvalue weighted by molar-refractivity contribution is 7.25. The molecule has 0 N–H and O–H groups in total. The third-order valence-corrected chi connectivity index (χ3v) is 6.23. The number of pyridine rings is 1. The van der Waals surface area contributed by atoms with Gasteiger partial charge in [-0.1, -0.05) is 24.7 Å². The number of alkyl halides is 3. The second kappa shape index (κ2) is 6.84. The lowest BCUT2D eigenvalue weighted by Gasteiger charge is -2.01. The van der Waals surface area contributed by atoms with Crippen molar-refractivity contribution in [3.05, 3.63) is 35.5 Å². The van der Waals surface area contributed by atoms with Crippen molar-refractivity contribution in [1.82, 2.24) is 29.8 Å². The molecule has 0 aliphatic carbocycles. The van der Waals surface area contributed by atoms with Gasteiger partial charge in [0, 0.05) is 17.5 Å². The lowest BCUT2D eigenvalue weighted by Crippen LogP contribution is -2.10. The largest absolute Gasteiger partial charge is 0.383 e. The van der Waals surface area contributed by atoms with E-state index in [1.54, 1.807) is 6.20 Å². The molecule has 4 aromatic heterocycles. The molecule has 11 heteroatoms. The van der Waals surface area contributed by atoms with Crippen LogP contribution in [0.15, 0.2) is 18.3 Å². The SMILES string of the molecule is CCCc1cc(-c2nc(C)c(-c3nn4c(C(F)(F)Cl)nnc4s3)s2)ccn1. The van der Waals surface area contributed by atoms with E-state index in [1.165, 1.54) is 22.7 Å². The third kappa shape index (κ3) is 3.44. The average molecular weight is 427 g/mol. The first-order chi connectivity index (χ1) is 12.9. The molecule has 0 unspecified atom stereocenters. The van der Waals surface area contributed by atoms with Crippen LogP contribution in [0.3, 0.4) is 0 Å². The van der Waals surface area contributed by atoms with Crippen molar-refractivity contribution >= 4 is 39.2 Å². The minimum absolute atomic E-state index is 0.254. The van der Waals surface area contributed by atoms with E-state index >= 15 is 0 Å². The molecule has 0 atom stereocenters. The second-order valence-electron chi connectivity index (χ2n) is 5.84. The summed E-state index contributed by atoms with van der Waals surface area (Å²) in [6, 6.07) is 3.93. The van der Waals surface area contributed by atoms with E-state index in [0.717, 1.165) is 44.2 Å². The number of hydrogen-bond acceptors (Lipinski definition) is 7. The molecule has 0 aliphatic heterocycles. The summed E-state index contributed by atoms with van der Waals surface area (Å²) in [5.74, 6) is -0.692. The number of nitrogens with zero attached hydrogens (tertiary/aromatic N) is 6.